The van der Waals surface area contributed by atoms with Gasteiger partial charge in [0.25, 0.3) is 0 Å². The van der Waals surface area contributed by atoms with Gasteiger partial charge in [-0.15, -0.1) is 0 Å². The van der Waals surface area contributed by atoms with Gasteiger partial charge in [0, 0.05) is 10.6 Å². The molecule has 0 spiro atoms. The Morgan fingerprint density at radius 1 is 1.16 bits per heavy atom. The summed E-state index contributed by atoms with van der Waals surface area (Å²) in [5, 5.41) is 0.533. The first-order chi connectivity index (χ1) is 8.96. The Morgan fingerprint density at radius 2 is 1.74 bits per heavy atom. The van der Waals surface area contributed by atoms with Crippen LogP contribution < -0.4 is 0 Å². The number of benzene rings is 1. The maximum absolute atomic E-state index is 12.0. The van der Waals surface area contributed by atoms with E-state index >= 15 is 0 Å². The summed E-state index contributed by atoms with van der Waals surface area (Å²) in [4.78, 5) is 11.9. The van der Waals surface area contributed by atoms with Crippen molar-refractivity contribution in [3.8, 4) is 0 Å². The monoisotopic (exact) mass is 300 g/mol. The second kappa shape index (κ2) is 6.06. The molecular formula is C14H17ClO3S. The molecule has 0 aliphatic heterocycles. The number of halogens is 1. The lowest BCUT2D eigenvalue weighted by Crippen LogP contribution is -2.22. The number of Topliss-reactive ketones (excluding diaryl/α,β-unsaturated/α-hetero) is 1. The van der Waals surface area contributed by atoms with E-state index in [0.717, 1.165) is 25.7 Å². The van der Waals surface area contributed by atoms with Crippen molar-refractivity contribution in [2.24, 2.45) is 5.92 Å². The van der Waals surface area contributed by atoms with Crippen molar-refractivity contribution < 1.29 is 13.2 Å². The number of carbonyl (C=O) groups is 1. The fourth-order valence-electron chi connectivity index (χ4n) is 2.51. The van der Waals surface area contributed by atoms with E-state index in [1.165, 1.54) is 0 Å². The summed E-state index contributed by atoms with van der Waals surface area (Å²) < 4.78 is 24.0. The zero-order valence-electron chi connectivity index (χ0n) is 10.6. The SMILES string of the molecule is O=C(CS(=O)(=O)CC1CCCC1)c1ccc(Cl)cc1. The van der Waals surface area contributed by atoms with Crippen molar-refractivity contribution in [3.05, 3.63) is 34.9 Å². The molecule has 0 N–H and O–H groups in total. The van der Waals surface area contributed by atoms with E-state index in [0.29, 0.717) is 10.6 Å². The molecule has 1 aromatic rings. The second-order valence-electron chi connectivity index (χ2n) is 5.14. The molecule has 1 fully saturated rings. The Balaban J connectivity index is 1.99. The van der Waals surface area contributed by atoms with Crippen molar-refractivity contribution in [2.75, 3.05) is 11.5 Å². The molecule has 0 heterocycles. The highest BCUT2D eigenvalue weighted by molar-refractivity contribution is 7.92. The van der Waals surface area contributed by atoms with E-state index in [1.807, 2.05) is 0 Å². The molecule has 0 aromatic heterocycles. The quantitative estimate of drug-likeness (QED) is 0.785. The Bertz CT molecular complexity index is 543. The van der Waals surface area contributed by atoms with Gasteiger partial charge in [0.15, 0.2) is 15.6 Å². The van der Waals surface area contributed by atoms with E-state index in [-0.39, 0.29) is 17.5 Å². The third-order valence-corrected chi connectivity index (χ3v) is 5.41. The number of carbonyl (C=O) groups excluding carboxylic acids is 1. The smallest absolute Gasteiger partial charge is 0.177 e. The Morgan fingerprint density at radius 3 is 2.32 bits per heavy atom. The molecule has 2 rings (SSSR count). The van der Waals surface area contributed by atoms with Crippen LogP contribution in [-0.2, 0) is 9.84 Å². The number of hydrogen-bond acceptors (Lipinski definition) is 3. The number of rotatable bonds is 5. The van der Waals surface area contributed by atoms with Gasteiger partial charge in [-0.1, -0.05) is 24.4 Å². The molecule has 104 valence electrons. The van der Waals surface area contributed by atoms with Crippen LogP contribution >= 0.6 is 11.6 Å². The zero-order chi connectivity index (χ0) is 13.9. The number of sulfone groups is 1. The highest BCUT2D eigenvalue weighted by Gasteiger charge is 2.25. The van der Waals surface area contributed by atoms with Crippen LogP contribution in [0.3, 0.4) is 0 Å². The zero-order valence-corrected chi connectivity index (χ0v) is 12.2. The largest absolute Gasteiger partial charge is 0.293 e. The highest BCUT2D eigenvalue weighted by Crippen LogP contribution is 2.26. The predicted molar refractivity (Wildman–Crippen MR) is 76.4 cm³/mol. The minimum absolute atomic E-state index is 0.145. The summed E-state index contributed by atoms with van der Waals surface area (Å²) in [7, 11) is -3.31. The van der Waals surface area contributed by atoms with Gasteiger partial charge in [-0.05, 0) is 43.0 Å². The normalized spacial score (nSPS) is 16.7. The maximum atomic E-state index is 12.0. The van der Waals surface area contributed by atoms with Crippen LogP contribution in [0.15, 0.2) is 24.3 Å². The lowest BCUT2D eigenvalue weighted by molar-refractivity contribution is 0.102. The van der Waals surface area contributed by atoms with Gasteiger partial charge in [-0.3, -0.25) is 4.79 Å². The van der Waals surface area contributed by atoms with Crippen LogP contribution in [0.5, 0.6) is 0 Å². The van der Waals surface area contributed by atoms with Crippen LogP contribution in [0.4, 0.5) is 0 Å². The molecule has 1 saturated carbocycles. The minimum atomic E-state index is -3.31. The van der Waals surface area contributed by atoms with Gasteiger partial charge in [-0.25, -0.2) is 8.42 Å². The molecule has 0 atom stereocenters. The minimum Gasteiger partial charge on any atom is -0.293 e. The van der Waals surface area contributed by atoms with Gasteiger partial charge in [0.1, 0.15) is 5.75 Å². The first-order valence-electron chi connectivity index (χ1n) is 6.45. The molecule has 1 aromatic carbocycles. The second-order valence-corrected chi connectivity index (χ2v) is 7.68. The Kier molecular flexibility index (Phi) is 4.63. The average Bonchev–Trinajstić information content (AvgIpc) is 2.81. The van der Waals surface area contributed by atoms with Crippen molar-refractivity contribution in [3.63, 3.8) is 0 Å². The van der Waals surface area contributed by atoms with Crippen molar-refractivity contribution in [1.29, 1.82) is 0 Å². The molecule has 0 saturated heterocycles. The van der Waals surface area contributed by atoms with E-state index in [4.69, 9.17) is 11.6 Å². The first kappa shape index (κ1) is 14.5. The molecule has 0 bridgehead atoms. The van der Waals surface area contributed by atoms with E-state index < -0.39 is 15.6 Å². The van der Waals surface area contributed by atoms with Gasteiger partial charge in [-0.2, -0.15) is 0 Å². The summed E-state index contributed by atoms with van der Waals surface area (Å²) >= 11 is 5.73. The van der Waals surface area contributed by atoms with Gasteiger partial charge in [0.05, 0.1) is 5.75 Å². The lowest BCUT2D eigenvalue weighted by Gasteiger charge is -2.09. The summed E-state index contributed by atoms with van der Waals surface area (Å²) in [5.74, 6) is -0.366. The predicted octanol–water partition coefficient (Wildman–Crippen LogP) is 3.13. The highest BCUT2D eigenvalue weighted by atomic mass is 35.5. The third-order valence-electron chi connectivity index (χ3n) is 3.48. The third kappa shape index (κ3) is 4.32. The molecule has 1 aliphatic carbocycles. The van der Waals surface area contributed by atoms with Crippen LogP contribution in [0, 0.1) is 5.92 Å². The summed E-state index contributed by atoms with van der Waals surface area (Å²) in [6, 6.07) is 6.32. The van der Waals surface area contributed by atoms with Gasteiger partial charge < -0.3 is 0 Å². The Hall–Kier alpha value is -0.870. The topological polar surface area (TPSA) is 51.2 Å². The first-order valence-corrected chi connectivity index (χ1v) is 8.65. The molecule has 0 radical (unpaired) electrons. The van der Waals surface area contributed by atoms with Crippen LogP contribution in [-0.4, -0.2) is 25.7 Å². The van der Waals surface area contributed by atoms with Crippen LogP contribution in [0.1, 0.15) is 36.0 Å². The Labute approximate surface area is 118 Å². The maximum Gasteiger partial charge on any atom is 0.177 e. The molecule has 5 heteroatoms. The van der Waals surface area contributed by atoms with Crippen LogP contribution in [0.25, 0.3) is 0 Å². The van der Waals surface area contributed by atoms with E-state index in [9.17, 15) is 13.2 Å². The fraction of sp³-hybridized carbons (Fsp3) is 0.500. The molecule has 19 heavy (non-hydrogen) atoms. The molecular weight excluding hydrogens is 284 g/mol. The van der Waals surface area contributed by atoms with Gasteiger partial charge >= 0.3 is 0 Å². The molecule has 0 amide bonds. The molecule has 1 aliphatic rings. The van der Waals surface area contributed by atoms with Crippen molar-refractivity contribution in [1.82, 2.24) is 0 Å². The number of hydrogen-bond donors (Lipinski definition) is 0. The summed E-state index contributed by atoms with van der Waals surface area (Å²) in [6.45, 7) is 0. The van der Waals surface area contributed by atoms with E-state index in [1.54, 1.807) is 24.3 Å². The van der Waals surface area contributed by atoms with Gasteiger partial charge in [0.2, 0.25) is 0 Å². The van der Waals surface area contributed by atoms with E-state index in [2.05, 4.69) is 0 Å². The van der Waals surface area contributed by atoms with Crippen LogP contribution in [0.2, 0.25) is 5.02 Å². The standard InChI is InChI=1S/C14H17ClO3S/c15-13-7-5-12(6-8-13)14(16)10-19(17,18)9-11-3-1-2-4-11/h5-8,11H,1-4,9-10H2. The van der Waals surface area contributed by atoms with Crippen molar-refractivity contribution in [2.45, 2.75) is 25.7 Å². The summed E-state index contributed by atoms with van der Waals surface area (Å²) in [6.07, 6.45) is 4.14. The molecule has 3 nitrogen and oxygen atoms in total. The lowest BCUT2D eigenvalue weighted by atomic mass is 10.1. The fourth-order valence-corrected chi connectivity index (χ4v) is 4.38. The van der Waals surface area contributed by atoms with Crippen molar-refractivity contribution >= 4 is 27.2 Å². The molecule has 0 unspecified atom stereocenters. The number of ketones is 1. The summed E-state index contributed by atoms with van der Waals surface area (Å²) in [5.41, 5.74) is 0.402. The average molecular weight is 301 g/mol.